The summed E-state index contributed by atoms with van der Waals surface area (Å²) in [5.74, 6) is 1.15. The van der Waals surface area contributed by atoms with Crippen LogP contribution in [0.5, 0.6) is 0 Å². The Hall–Kier alpha value is -2.25. The van der Waals surface area contributed by atoms with E-state index in [9.17, 15) is 4.79 Å². The van der Waals surface area contributed by atoms with Gasteiger partial charge in [-0.15, -0.1) is 0 Å². The number of aromatic nitrogens is 2. The number of likely N-dealkylation sites (tertiary alicyclic amines) is 1. The average molecular weight is 358 g/mol. The van der Waals surface area contributed by atoms with Crippen molar-refractivity contribution in [3.63, 3.8) is 0 Å². The number of carbonyl (C=O) groups excluding carboxylic acids is 1. The Bertz CT molecular complexity index is 689. The van der Waals surface area contributed by atoms with Crippen molar-refractivity contribution in [3.05, 3.63) is 47.6 Å². The van der Waals surface area contributed by atoms with Crippen molar-refractivity contribution in [2.45, 2.75) is 38.3 Å². The van der Waals surface area contributed by atoms with E-state index in [-0.39, 0.29) is 11.9 Å². The molecule has 0 spiro atoms. The predicted octanol–water partition coefficient (Wildman–Crippen LogP) is 2.10. The number of methoxy groups -OCH3 is 1. The number of hydrogen-bond acceptors (Lipinski definition) is 6. The van der Waals surface area contributed by atoms with Gasteiger partial charge in [-0.05, 0) is 31.4 Å². The van der Waals surface area contributed by atoms with Gasteiger partial charge in [0.2, 0.25) is 11.8 Å². The van der Waals surface area contributed by atoms with Crippen LogP contribution in [0.1, 0.15) is 42.6 Å². The van der Waals surface area contributed by atoms with E-state index in [1.165, 1.54) is 5.56 Å². The van der Waals surface area contributed by atoms with Crippen LogP contribution in [0.2, 0.25) is 0 Å². The highest BCUT2D eigenvalue weighted by atomic mass is 16.5. The van der Waals surface area contributed by atoms with Crippen LogP contribution < -0.4 is 5.32 Å². The zero-order valence-corrected chi connectivity index (χ0v) is 15.2. The first kappa shape index (κ1) is 18.5. The molecule has 0 radical (unpaired) electrons. The molecule has 2 aromatic rings. The van der Waals surface area contributed by atoms with Crippen LogP contribution in [0.3, 0.4) is 0 Å². The van der Waals surface area contributed by atoms with Gasteiger partial charge in [0.05, 0.1) is 12.6 Å². The van der Waals surface area contributed by atoms with Crippen molar-refractivity contribution in [2.75, 3.05) is 26.7 Å². The van der Waals surface area contributed by atoms with Gasteiger partial charge in [-0.2, -0.15) is 4.98 Å². The molecule has 1 N–H and O–H groups in total. The second-order valence-corrected chi connectivity index (χ2v) is 6.55. The second kappa shape index (κ2) is 9.45. The molecule has 140 valence electrons. The lowest BCUT2D eigenvalue weighted by atomic mass is 10.0. The monoisotopic (exact) mass is 358 g/mol. The predicted molar refractivity (Wildman–Crippen MR) is 96.3 cm³/mol. The van der Waals surface area contributed by atoms with Crippen molar-refractivity contribution >= 4 is 5.91 Å². The van der Waals surface area contributed by atoms with Crippen LogP contribution in [0, 0.1) is 0 Å². The van der Waals surface area contributed by atoms with Crippen LogP contribution in [-0.4, -0.2) is 47.7 Å². The van der Waals surface area contributed by atoms with Gasteiger partial charge >= 0.3 is 0 Å². The lowest BCUT2D eigenvalue weighted by molar-refractivity contribution is -0.123. The Kier molecular flexibility index (Phi) is 6.74. The number of nitrogens with one attached hydrogen (secondary N) is 1. The molecule has 1 aromatic heterocycles. The molecule has 0 saturated carbocycles. The number of rotatable bonds is 8. The summed E-state index contributed by atoms with van der Waals surface area (Å²) in [6.07, 6.45) is 3.93. The third-order valence-corrected chi connectivity index (χ3v) is 4.58. The standard InChI is InChI=1S/C19H26N4O3/c1-25-14-17-21-19(26-22-17)16-9-5-6-12-23(16)13-18(24)20-11-10-15-7-3-2-4-8-15/h2-4,7-8,16H,5-6,9-14H2,1H3,(H,20,24)/t16-/m1/s1. The fraction of sp³-hybridized carbons (Fsp3) is 0.526. The van der Waals surface area contributed by atoms with Crippen molar-refractivity contribution in [2.24, 2.45) is 0 Å². The van der Waals surface area contributed by atoms with Crippen molar-refractivity contribution in [3.8, 4) is 0 Å². The molecular weight excluding hydrogens is 332 g/mol. The van der Waals surface area contributed by atoms with Gasteiger partial charge in [0.25, 0.3) is 0 Å². The molecule has 1 aliphatic heterocycles. The second-order valence-electron chi connectivity index (χ2n) is 6.55. The van der Waals surface area contributed by atoms with E-state index in [0.29, 0.717) is 31.4 Å². The number of benzene rings is 1. The number of hydrogen-bond donors (Lipinski definition) is 1. The van der Waals surface area contributed by atoms with E-state index in [0.717, 1.165) is 32.2 Å². The summed E-state index contributed by atoms with van der Waals surface area (Å²) in [6.45, 7) is 2.18. The summed E-state index contributed by atoms with van der Waals surface area (Å²) in [4.78, 5) is 18.9. The van der Waals surface area contributed by atoms with E-state index in [2.05, 4.69) is 32.5 Å². The third kappa shape index (κ3) is 5.12. The average Bonchev–Trinajstić information content (AvgIpc) is 3.12. The lowest BCUT2D eigenvalue weighted by Crippen LogP contribution is -2.42. The molecule has 7 heteroatoms. The number of ether oxygens (including phenoxy) is 1. The van der Waals surface area contributed by atoms with Crippen LogP contribution >= 0.6 is 0 Å². The molecule has 0 unspecified atom stereocenters. The smallest absolute Gasteiger partial charge is 0.244 e. The minimum absolute atomic E-state index is 0.00160. The molecule has 1 saturated heterocycles. The van der Waals surface area contributed by atoms with Crippen LogP contribution in [0.4, 0.5) is 0 Å². The zero-order valence-electron chi connectivity index (χ0n) is 15.2. The summed E-state index contributed by atoms with van der Waals surface area (Å²) in [7, 11) is 1.60. The first-order valence-corrected chi connectivity index (χ1v) is 9.12. The van der Waals surface area contributed by atoms with Gasteiger partial charge in [-0.3, -0.25) is 9.69 Å². The third-order valence-electron chi connectivity index (χ3n) is 4.58. The maximum atomic E-state index is 12.3. The maximum Gasteiger partial charge on any atom is 0.244 e. The first-order chi connectivity index (χ1) is 12.8. The van der Waals surface area contributed by atoms with Gasteiger partial charge in [0, 0.05) is 13.7 Å². The Morgan fingerprint density at radius 2 is 2.19 bits per heavy atom. The number of piperidine rings is 1. The summed E-state index contributed by atoms with van der Waals surface area (Å²) >= 11 is 0. The van der Waals surface area contributed by atoms with E-state index < -0.39 is 0 Å². The first-order valence-electron chi connectivity index (χ1n) is 9.12. The minimum Gasteiger partial charge on any atom is -0.377 e. The van der Waals surface area contributed by atoms with Crippen LogP contribution in [-0.2, 0) is 22.6 Å². The summed E-state index contributed by atoms with van der Waals surface area (Å²) in [5.41, 5.74) is 1.22. The molecule has 1 aromatic carbocycles. The summed E-state index contributed by atoms with van der Waals surface area (Å²) in [5, 5.41) is 6.95. The van der Waals surface area contributed by atoms with Gasteiger partial charge in [-0.1, -0.05) is 41.9 Å². The molecule has 0 bridgehead atoms. The summed E-state index contributed by atoms with van der Waals surface area (Å²) < 4.78 is 10.4. The van der Waals surface area contributed by atoms with Gasteiger partial charge in [0.1, 0.15) is 6.61 Å². The van der Waals surface area contributed by atoms with Gasteiger partial charge in [-0.25, -0.2) is 0 Å². The van der Waals surface area contributed by atoms with Crippen LogP contribution in [0.25, 0.3) is 0 Å². The summed E-state index contributed by atoms with van der Waals surface area (Å²) in [6, 6.07) is 10.2. The van der Waals surface area contributed by atoms with Crippen molar-refractivity contribution < 1.29 is 14.1 Å². The molecule has 1 fully saturated rings. The Morgan fingerprint density at radius 3 is 3.00 bits per heavy atom. The van der Waals surface area contributed by atoms with Gasteiger partial charge in [0.15, 0.2) is 5.82 Å². The molecule has 26 heavy (non-hydrogen) atoms. The minimum atomic E-state index is 0.00160. The molecule has 1 aliphatic rings. The van der Waals surface area contributed by atoms with E-state index >= 15 is 0 Å². The lowest BCUT2D eigenvalue weighted by Gasteiger charge is -2.32. The number of carbonyl (C=O) groups is 1. The van der Waals surface area contributed by atoms with E-state index in [4.69, 9.17) is 9.26 Å². The topological polar surface area (TPSA) is 80.5 Å². The highest BCUT2D eigenvalue weighted by Crippen LogP contribution is 2.29. The molecule has 1 amide bonds. The van der Waals surface area contributed by atoms with Crippen molar-refractivity contribution in [1.29, 1.82) is 0 Å². The molecule has 3 rings (SSSR count). The quantitative estimate of drug-likeness (QED) is 0.778. The fourth-order valence-corrected chi connectivity index (χ4v) is 3.28. The van der Waals surface area contributed by atoms with Crippen molar-refractivity contribution in [1.82, 2.24) is 20.4 Å². The normalized spacial score (nSPS) is 18.0. The van der Waals surface area contributed by atoms with E-state index in [1.807, 2.05) is 18.2 Å². The highest BCUT2D eigenvalue weighted by Gasteiger charge is 2.30. The van der Waals surface area contributed by atoms with Gasteiger partial charge < -0.3 is 14.6 Å². The molecule has 0 aliphatic carbocycles. The number of amides is 1. The number of nitrogens with zero attached hydrogens (tertiary/aromatic N) is 3. The Balaban J connectivity index is 1.51. The SMILES string of the molecule is COCc1noc([C@H]2CCCCN2CC(=O)NCCc2ccccc2)n1. The zero-order chi connectivity index (χ0) is 18.2. The largest absolute Gasteiger partial charge is 0.377 e. The molecular formula is C19H26N4O3. The fourth-order valence-electron chi connectivity index (χ4n) is 3.28. The van der Waals surface area contributed by atoms with E-state index in [1.54, 1.807) is 7.11 Å². The maximum absolute atomic E-state index is 12.3. The highest BCUT2D eigenvalue weighted by molar-refractivity contribution is 5.78. The molecule has 7 nitrogen and oxygen atoms in total. The van der Waals surface area contributed by atoms with Crippen LogP contribution in [0.15, 0.2) is 34.9 Å². The molecule has 1 atom stereocenters. The Labute approximate surface area is 153 Å². The Morgan fingerprint density at radius 1 is 1.35 bits per heavy atom. The molecule has 2 heterocycles.